The second kappa shape index (κ2) is 7.24. The predicted octanol–water partition coefficient (Wildman–Crippen LogP) is 1.88. The fraction of sp³-hybridized carbons (Fsp3) is 0.250. The topological polar surface area (TPSA) is 86.9 Å². The molecule has 2 aromatic rings. The summed E-state index contributed by atoms with van der Waals surface area (Å²) in [5.74, 6) is 0. The Morgan fingerprint density at radius 1 is 1.19 bits per heavy atom. The lowest BCUT2D eigenvalue weighted by Crippen LogP contribution is -2.37. The van der Waals surface area contributed by atoms with Gasteiger partial charge in [0.05, 0.1) is 22.1 Å². The number of halogens is 2. The van der Waals surface area contributed by atoms with Gasteiger partial charge in [-0.25, -0.2) is 9.71 Å². The number of hydrogen-bond acceptors (Lipinski definition) is 3. The average Bonchev–Trinajstić information content (AvgIpc) is 2.93. The number of benzene rings is 1. The highest BCUT2D eigenvalue weighted by atomic mass is 35.5. The van der Waals surface area contributed by atoms with Crippen LogP contribution in [0.15, 0.2) is 30.7 Å². The second-order valence-electron chi connectivity index (χ2n) is 4.28. The van der Waals surface area contributed by atoms with E-state index < -0.39 is 10.2 Å². The van der Waals surface area contributed by atoms with Crippen molar-refractivity contribution in [2.24, 2.45) is 0 Å². The van der Waals surface area contributed by atoms with Crippen LogP contribution in [0.1, 0.15) is 11.3 Å². The van der Waals surface area contributed by atoms with E-state index in [0.717, 1.165) is 11.3 Å². The van der Waals surface area contributed by atoms with E-state index in [9.17, 15) is 8.42 Å². The zero-order chi connectivity index (χ0) is 15.3. The summed E-state index contributed by atoms with van der Waals surface area (Å²) in [5.41, 5.74) is 1.52. The summed E-state index contributed by atoms with van der Waals surface area (Å²) in [6.45, 7) is 0.399. The minimum Gasteiger partial charge on any atom is -0.351 e. The zero-order valence-corrected chi connectivity index (χ0v) is 13.3. The fourth-order valence-electron chi connectivity index (χ4n) is 1.62. The van der Waals surface area contributed by atoms with Gasteiger partial charge < -0.3 is 4.98 Å². The summed E-state index contributed by atoms with van der Waals surface area (Å²) >= 11 is 11.7. The summed E-state index contributed by atoms with van der Waals surface area (Å²) in [6, 6.07) is 4.95. The Balaban J connectivity index is 1.81. The lowest BCUT2D eigenvalue weighted by Gasteiger charge is -2.08. The van der Waals surface area contributed by atoms with Crippen LogP contribution >= 0.6 is 23.2 Å². The van der Waals surface area contributed by atoms with E-state index >= 15 is 0 Å². The first-order valence-electron chi connectivity index (χ1n) is 6.12. The van der Waals surface area contributed by atoms with Crippen LogP contribution in [0.3, 0.4) is 0 Å². The van der Waals surface area contributed by atoms with Crippen LogP contribution in [-0.2, 0) is 23.2 Å². The van der Waals surface area contributed by atoms with E-state index in [-0.39, 0.29) is 13.1 Å². The van der Waals surface area contributed by atoms with Crippen molar-refractivity contribution < 1.29 is 8.42 Å². The number of nitrogens with zero attached hydrogens (tertiary/aromatic N) is 1. The van der Waals surface area contributed by atoms with Gasteiger partial charge in [-0.05, 0) is 17.7 Å². The number of imidazole rings is 1. The molecule has 1 aromatic carbocycles. The molecule has 0 fully saturated rings. The maximum Gasteiger partial charge on any atom is 0.277 e. The minimum absolute atomic E-state index is 0.134. The molecule has 0 bridgehead atoms. The molecular formula is C12H14Cl2N4O2S. The van der Waals surface area contributed by atoms with Crippen LogP contribution in [0.2, 0.25) is 10.0 Å². The molecule has 0 amide bonds. The van der Waals surface area contributed by atoms with Crippen LogP contribution in [0.5, 0.6) is 0 Å². The molecule has 0 aliphatic heterocycles. The van der Waals surface area contributed by atoms with E-state index in [1.807, 2.05) is 0 Å². The number of rotatable bonds is 7. The minimum atomic E-state index is -3.57. The molecule has 0 atom stereocenters. The largest absolute Gasteiger partial charge is 0.351 e. The van der Waals surface area contributed by atoms with Gasteiger partial charge in [0.15, 0.2) is 0 Å². The average molecular weight is 349 g/mol. The molecule has 2 rings (SSSR count). The summed E-state index contributed by atoms with van der Waals surface area (Å²) < 4.78 is 28.4. The van der Waals surface area contributed by atoms with Crippen molar-refractivity contribution in [3.8, 4) is 0 Å². The fourth-order valence-corrected chi connectivity index (χ4v) is 2.77. The third-order valence-corrected chi connectivity index (χ3v) is 4.53. The van der Waals surface area contributed by atoms with Crippen molar-refractivity contribution in [1.29, 1.82) is 0 Å². The molecule has 6 nitrogen and oxygen atoms in total. The third kappa shape index (κ3) is 5.29. The molecule has 0 spiro atoms. The van der Waals surface area contributed by atoms with E-state index in [4.69, 9.17) is 23.2 Å². The van der Waals surface area contributed by atoms with Crippen molar-refractivity contribution in [2.45, 2.75) is 13.0 Å². The molecule has 0 radical (unpaired) electrons. The van der Waals surface area contributed by atoms with Gasteiger partial charge in [-0.2, -0.15) is 13.1 Å². The Kier molecular flexibility index (Phi) is 5.60. The number of aromatic amines is 1. The SMILES string of the molecule is O=S(=O)(NCCc1c[nH]cn1)NCc1ccc(Cl)c(Cl)c1. The van der Waals surface area contributed by atoms with Gasteiger partial charge in [0.1, 0.15) is 0 Å². The molecule has 21 heavy (non-hydrogen) atoms. The molecule has 0 saturated heterocycles. The van der Waals surface area contributed by atoms with Gasteiger partial charge in [0.25, 0.3) is 10.2 Å². The molecule has 114 valence electrons. The quantitative estimate of drug-likeness (QED) is 0.713. The van der Waals surface area contributed by atoms with Gasteiger partial charge in [0.2, 0.25) is 0 Å². The summed E-state index contributed by atoms with van der Waals surface area (Å²) in [6.07, 6.45) is 3.78. The Bertz CT molecular complexity index is 689. The van der Waals surface area contributed by atoms with Crippen LogP contribution in [0.4, 0.5) is 0 Å². The molecule has 3 N–H and O–H groups in total. The van der Waals surface area contributed by atoms with Crippen molar-refractivity contribution in [3.63, 3.8) is 0 Å². The van der Waals surface area contributed by atoms with Crippen LogP contribution in [0, 0.1) is 0 Å². The standard InChI is InChI=1S/C12H14Cl2N4O2S/c13-11-2-1-9(5-12(11)14)6-18-21(19,20)17-4-3-10-7-15-8-16-10/h1-2,5,7-8,17-18H,3-4,6H2,(H,15,16). The Morgan fingerprint density at radius 3 is 2.67 bits per heavy atom. The monoisotopic (exact) mass is 348 g/mol. The maximum absolute atomic E-state index is 11.8. The van der Waals surface area contributed by atoms with Gasteiger partial charge in [-0.1, -0.05) is 29.3 Å². The number of aromatic nitrogens is 2. The lowest BCUT2D eigenvalue weighted by molar-refractivity contribution is 0.566. The summed E-state index contributed by atoms with van der Waals surface area (Å²) in [4.78, 5) is 6.82. The number of nitrogens with one attached hydrogen (secondary N) is 3. The summed E-state index contributed by atoms with van der Waals surface area (Å²) in [7, 11) is -3.57. The molecule has 0 unspecified atom stereocenters. The van der Waals surface area contributed by atoms with Gasteiger partial charge >= 0.3 is 0 Å². The van der Waals surface area contributed by atoms with Crippen molar-refractivity contribution in [1.82, 2.24) is 19.4 Å². The van der Waals surface area contributed by atoms with Crippen LogP contribution < -0.4 is 9.44 Å². The van der Waals surface area contributed by atoms with Crippen molar-refractivity contribution in [3.05, 3.63) is 52.0 Å². The molecule has 1 aromatic heterocycles. The molecular weight excluding hydrogens is 335 g/mol. The van der Waals surface area contributed by atoms with E-state index in [0.29, 0.717) is 16.5 Å². The Labute approximate surface area is 133 Å². The van der Waals surface area contributed by atoms with Crippen molar-refractivity contribution in [2.75, 3.05) is 6.54 Å². The van der Waals surface area contributed by atoms with Crippen LogP contribution in [0.25, 0.3) is 0 Å². The molecule has 1 heterocycles. The molecule has 0 saturated carbocycles. The highest BCUT2D eigenvalue weighted by Gasteiger charge is 2.09. The Morgan fingerprint density at radius 2 is 2.00 bits per heavy atom. The van der Waals surface area contributed by atoms with E-state index in [2.05, 4.69) is 19.4 Å². The van der Waals surface area contributed by atoms with Gasteiger partial charge in [-0.15, -0.1) is 0 Å². The second-order valence-corrected chi connectivity index (χ2v) is 6.68. The van der Waals surface area contributed by atoms with Gasteiger partial charge in [0, 0.05) is 25.7 Å². The summed E-state index contributed by atoms with van der Waals surface area (Å²) in [5, 5.41) is 0.820. The molecule has 0 aliphatic rings. The Hall–Kier alpha value is -1.12. The highest BCUT2D eigenvalue weighted by Crippen LogP contribution is 2.22. The normalized spacial score (nSPS) is 11.7. The first-order chi connectivity index (χ1) is 9.96. The maximum atomic E-state index is 11.8. The van der Waals surface area contributed by atoms with E-state index in [1.165, 1.54) is 0 Å². The predicted molar refractivity (Wildman–Crippen MR) is 82.5 cm³/mol. The smallest absolute Gasteiger partial charge is 0.277 e. The lowest BCUT2D eigenvalue weighted by atomic mass is 10.2. The van der Waals surface area contributed by atoms with Crippen molar-refractivity contribution >= 4 is 33.4 Å². The van der Waals surface area contributed by atoms with Gasteiger partial charge in [-0.3, -0.25) is 0 Å². The number of H-pyrrole nitrogens is 1. The molecule has 9 heteroatoms. The third-order valence-electron chi connectivity index (χ3n) is 2.68. The van der Waals surface area contributed by atoms with Crippen LogP contribution in [-0.4, -0.2) is 24.9 Å². The first-order valence-corrected chi connectivity index (χ1v) is 8.36. The number of hydrogen-bond donors (Lipinski definition) is 3. The van der Waals surface area contributed by atoms with E-state index in [1.54, 1.807) is 30.7 Å². The zero-order valence-electron chi connectivity index (χ0n) is 10.9. The highest BCUT2D eigenvalue weighted by molar-refractivity contribution is 7.87. The first kappa shape index (κ1) is 16.3. The molecule has 0 aliphatic carbocycles.